The summed E-state index contributed by atoms with van der Waals surface area (Å²) in [6, 6.07) is 13.3. The second-order valence-electron chi connectivity index (χ2n) is 5.84. The number of aromatic nitrogens is 2. The molecular formula is C18H16ClN3O3. The molecule has 3 aromatic rings. The fraction of sp³-hybridized carbons (Fsp3) is 0.222. The Balaban J connectivity index is 1.43. The standard InChI is InChI=1S/C18H16ClN3O3/c1-22(9-12-6-7-15-16(8-12)24-11-23-15)10-17-20-21-18(25-17)13-4-2-3-5-14(13)19/h2-8H,9-11H2,1H3. The topological polar surface area (TPSA) is 60.6 Å². The van der Waals surface area contributed by atoms with E-state index in [1.54, 1.807) is 6.07 Å². The molecule has 0 atom stereocenters. The Hall–Kier alpha value is -2.57. The monoisotopic (exact) mass is 357 g/mol. The highest BCUT2D eigenvalue weighted by atomic mass is 35.5. The van der Waals surface area contributed by atoms with Crippen LogP contribution >= 0.6 is 11.6 Å². The third-order valence-electron chi connectivity index (χ3n) is 3.87. The molecule has 6 nitrogen and oxygen atoms in total. The molecule has 0 bridgehead atoms. The maximum Gasteiger partial charge on any atom is 0.249 e. The Labute approximate surface area is 149 Å². The predicted octanol–water partition coefficient (Wildman–Crippen LogP) is 3.75. The van der Waals surface area contributed by atoms with Crippen molar-refractivity contribution in [3.8, 4) is 23.0 Å². The first-order valence-electron chi connectivity index (χ1n) is 7.83. The van der Waals surface area contributed by atoms with Gasteiger partial charge in [0.1, 0.15) is 0 Å². The molecule has 25 heavy (non-hydrogen) atoms. The van der Waals surface area contributed by atoms with Crippen molar-refractivity contribution in [2.75, 3.05) is 13.8 Å². The van der Waals surface area contributed by atoms with Crippen molar-refractivity contribution in [1.82, 2.24) is 15.1 Å². The minimum absolute atomic E-state index is 0.279. The van der Waals surface area contributed by atoms with E-state index >= 15 is 0 Å². The van der Waals surface area contributed by atoms with Crippen LogP contribution in [0.4, 0.5) is 0 Å². The molecule has 0 radical (unpaired) electrons. The normalized spacial score (nSPS) is 12.8. The first-order chi connectivity index (χ1) is 12.2. The molecule has 2 aromatic carbocycles. The third kappa shape index (κ3) is 3.45. The molecule has 0 spiro atoms. The molecule has 4 rings (SSSR count). The van der Waals surface area contributed by atoms with Crippen molar-refractivity contribution in [3.63, 3.8) is 0 Å². The minimum Gasteiger partial charge on any atom is -0.454 e. The van der Waals surface area contributed by atoms with E-state index in [-0.39, 0.29) is 6.79 Å². The minimum atomic E-state index is 0.279. The Bertz CT molecular complexity index is 897. The van der Waals surface area contributed by atoms with E-state index in [0.717, 1.165) is 29.2 Å². The van der Waals surface area contributed by atoms with Gasteiger partial charge in [-0.15, -0.1) is 10.2 Å². The van der Waals surface area contributed by atoms with Crippen LogP contribution in [0.3, 0.4) is 0 Å². The Kier molecular flexibility index (Phi) is 4.29. The summed E-state index contributed by atoms with van der Waals surface area (Å²) < 4.78 is 16.5. The molecule has 0 saturated heterocycles. The van der Waals surface area contributed by atoms with Gasteiger partial charge >= 0.3 is 0 Å². The molecular weight excluding hydrogens is 342 g/mol. The maximum absolute atomic E-state index is 6.17. The lowest BCUT2D eigenvalue weighted by molar-refractivity contribution is 0.174. The van der Waals surface area contributed by atoms with Gasteiger partial charge < -0.3 is 13.9 Å². The van der Waals surface area contributed by atoms with Crippen molar-refractivity contribution >= 4 is 11.6 Å². The number of halogens is 1. The van der Waals surface area contributed by atoms with Gasteiger partial charge in [0.2, 0.25) is 18.6 Å². The van der Waals surface area contributed by atoms with Gasteiger partial charge in [-0.05, 0) is 36.9 Å². The molecule has 0 aliphatic carbocycles. The Morgan fingerprint density at radius 1 is 1.04 bits per heavy atom. The smallest absolute Gasteiger partial charge is 0.249 e. The number of rotatable bonds is 5. The molecule has 0 amide bonds. The van der Waals surface area contributed by atoms with E-state index in [4.69, 9.17) is 25.5 Å². The molecule has 7 heteroatoms. The van der Waals surface area contributed by atoms with Crippen molar-refractivity contribution in [3.05, 3.63) is 58.9 Å². The number of benzene rings is 2. The molecule has 0 N–H and O–H groups in total. The summed E-state index contributed by atoms with van der Waals surface area (Å²) in [5.41, 5.74) is 1.86. The Morgan fingerprint density at radius 3 is 2.76 bits per heavy atom. The number of fused-ring (bicyclic) bond motifs is 1. The van der Waals surface area contributed by atoms with Gasteiger partial charge in [0.25, 0.3) is 0 Å². The van der Waals surface area contributed by atoms with E-state index in [9.17, 15) is 0 Å². The van der Waals surface area contributed by atoms with Gasteiger partial charge in [-0.3, -0.25) is 4.90 Å². The first kappa shape index (κ1) is 15.9. The van der Waals surface area contributed by atoms with Crippen molar-refractivity contribution < 1.29 is 13.9 Å². The molecule has 1 aromatic heterocycles. The zero-order chi connectivity index (χ0) is 17.2. The summed E-state index contributed by atoms with van der Waals surface area (Å²) in [6.45, 7) is 1.54. The quantitative estimate of drug-likeness (QED) is 0.693. The molecule has 0 unspecified atom stereocenters. The van der Waals surface area contributed by atoms with Gasteiger partial charge in [0.05, 0.1) is 17.1 Å². The van der Waals surface area contributed by atoms with E-state index in [1.807, 2.05) is 43.4 Å². The number of hydrogen-bond acceptors (Lipinski definition) is 6. The molecule has 128 valence electrons. The van der Waals surface area contributed by atoms with Gasteiger partial charge in [0.15, 0.2) is 11.5 Å². The van der Waals surface area contributed by atoms with Crippen molar-refractivity contribution in [1.29, 1.82) is 0 Å². The third-order valence-corrected chi connectivity index (χ3v) is 4.20. The number of ether oxygens (including phenoxy) is 2. The lowest BCUT2D eigenvalue weighted by atomic mass is 10.2. The first-order valence-corrected chi connectivity index (χ1v) is 8.21. The van der Waals surface area contributed by atoms with Crippen LogP contribution in [0.1, 0.15) is 11.5 Å². The van der Waals surface area contributed by atoms with Crippen LogP contribution in [0.2, 0.25) is 5.02 Å². The lowest BCUT2D eigenvalue weighted by Crippen LogP contribution is -2.17. The highest BCUT2D eigenvalue weighted by molar-refractivity contribution is 6.33. The van der Waals surface area contributed by atoms with Gasteiger partial charge in [-0.25, -0.2) is 0 Å². The average Bonchev–Trinajstić information content (AvgIpc) is 3.24. The zero-order valence-corrected chi connectivity index (χ0v) is 14.4. The fourth-order valence-electron chi connectivity index (χ4n) is 2.70. The summed E-state index contributed by atoms with van der Waals surface area (Å²) in [4.78, 5) is 2.08. The summed E-state index contributed by atoms with van der Waals surface area (Å²) in [7, 11) is 1.99. The second kappa shape index (κ2) is 6.74. The van der Waals surface area contributed by atoms with E-state index < -0.39 is 0 Å². The molecule has 0 saturated carbocycles. The van der Waals surface area contributed by atoms with Crippen LogP contribution in [0.15, 0.2) is 46.9 Å². The van der Waals surface area contributed by atoms with Crippen LogP contribution < -0.4 is 9.47 Å². The predicted molar refractivity (Wildman–Crippen MR) is 92.5 cm³/mol. The second-order valence-corrected chi connectivity index (χ2v) is 6.25. The van der Waals surface area contributed by atoms with E-state index in [1.165, 1.54) is 0 Å². The van der Waals surface area contributed by atoms with Crippen molar-refractivity contribution in [2.45, 2.75) is 13.1 Å². The summed E-state index contributed by atoms with van der Waals surface area (Å²) in [5.74, 6) is 2.53. The molecule has 0 fully saturated rings. The van der Waals surface area contributed by atoms with Crippen LogP contribution in [-0.2, 0) is 13.1 Å². The summed E-state index contributed by atoms with van der Waals surface area (Å²) in [6.07, 6.45) is 0. The van der Waals surface area contributed by atoms with E-state index in [0.29, 0.717) is 23.3 Å². The van der Waals surface area contributed by atoms with Gasteiger partial charge in [-0.2, -0.15) is 0 Å². The molecule has 1 aliphatic heterocycles. The molecule has 1 aliphatic rings. The molecule has 2 heterocycles. The lowest BCUT2D eigenvalue weighted by Gasteiger charge is -2.14. The highest BCUT2D eigenvalue weighted by Gasteiger charge is 2.16. The SMILES string of the molecule is CN(Cc1ccc2c(c1)OCO2)Cc1nnc(-c2ccccc2Cl)o1. The highest BCUT2D eigenvalue weighted by Crippen LogP contribution is 2.33. The van der Waals surface area contributed by atoms with Gasteiger partial charge in [-0.1, -0.05) is 29.8 Å². The van der Waals surface area contributed by atoms with Crippen LogP contribution in [-0.4, -0.2) is 28.9 Å². The van der Waals surface area contributed by atoms with Crippen LogP contribution in [0.5, 0.6) is 11.5 Å². The summed E-state index contributed by atoms with van der Waals surface area (Å²) in [5, 5.41) is 8.79. The van der Waals surface area contributed by atoms with E-state index in [2.05, 4.69) is 15.1 Å². The van der Waals surface area contributed by atoms with Crippen molar-refractivity contribution in [2.24, 2.45) is 0 Å². The number of nitrogens with zero attached hydrogens (tertiary/aromatic N) is 3. The van der Waals surface area contributed by atoms with Crippen LogP contribution in [0.25, 0.3) is 11.5 Å². The summed E-state index contributed by atoms with van der Waals surface area (Å²) >= 11 is 6.17. The largest absolute Gasteiger partial charge is 0.454 e. The zero-order valence-electron chi connectivity index (χ0n) is 13.6. The average molecular weight is 358 g/mol. The fourth-order valence-corrected chi connectivity index (χ4v) is 2.92. The Morgan fingerprint density at radius 2 is 1.88 bits per heavy atom. The maximum atomic E-state index is 6.17. The van der Waals surface area contributed by atoms with Gasteiger partial charge in [0, 0.05) is 6.54 Å². The van der Waals surface area contributed by atoms with Crippen LogP contribution in [0, 0.1) is 0 Å². The number of hydrogen-bond donors (Lipinski definition) is 0.